The van der Waals surface area contributed by atoms with Gasteiger partial charge in [0.05, 0.1) is 18.8 Å². The second-order valence-corrected chi connectivity index (χ2v) is 8.56. The van der Waals surface area contributed by atoms with Gasteiger partial charge in [-0.1, -0.05) is 42.0 Å². The Morgan fingerprint density at radius 2 is 1.87 bits per heavy atom. The van der Waals surface area contributed by atoms with E-state index >= 15 is 0 Å². The summed E-state index contributed by atoms with van der Waals surface area (Å²) in [5.74, 6) is 0.793. The first-order valence-electron chi connectivity index (χ1n) is 9.99. The van der Waals surface area contributed by atoms with Gasteiger partial charge in [0, 0.05) is 17.0 Å². The summed E-state index contributed by atoms with van der Waals surface area (Å²) in [5.41, 5.74) is 10.8. The molecule has 156 valence electrons. The Kier molecular flexibility index (Phi) is 6.13. The Bertz CT molecular complexity index is 1010. The van der Waals surface area contributed by atoms with Gasteiger partial charge in [-0.15, -0.1) is 11.3 Å². The number of rotatable bonds is 6. The highest BCUT2D eigenvalue weighted by Crippen LogP contribution is 2.35. The molecular formula is C23H26N4O2S. The summed E-state index contributed by atoms with van der Waals surface area (Å²) >= 11 is 1.69. The van der Waals surface area contributed by atoms with Crippen LogP contribution in [0.3, 0.4) is 0 Å². The molecule has 2 heterocycles. The molecule has 1 aliphatic rings. The molecule has 0 aliphatic carbocycles. The second-order valence-electron chi connectivity index (χ2n) is 7.53. The van der Waals surface area contributed by atoms with E-state index in [0.717, 1.165) is 27.6 Å². The van der Waals surface area contributed by atoms with Gasteiger partial charge >= 0.3 is 0 Å². The van der Waals surface area contributed by atoms with Crippen LogP contribution >= 0.6 is 11.3 Å². The molecule has 1 fully saturated rings. The average molecular weight is 423 g/mol. The van der Waals surface area contributed by atoms with E-state index in [1.54, 1.807) is 18.4 Å². The van der Waals surface area contributed by atoms with Crippen LogP contribution in [0.2, 0.25) is 0 Å². The van der Waals surface area contributed by atoms with Gasteiger partial charge in [0.25, 0.3) is 0 Å². The van der Waals surface area contributed by atoms with Crippen molar-refractivity contribution in [2.75, 3.05) is 7.11 Å². The SMILES string of the molecule is COc1ccc(CNC(=O)C2CC(c3sc(-c4ccc(C)cc4)nc3C)NN2)cc1. The number of ether oxygens (including phenoxy) is 1. The fourth-order valence-electron chi connectivity index (χ4n) is 3.51. The van der Waals surface area contributed by atoms with Crippen LogP contribution in [0.25, 0.3) is 10.6 Å². The van der Waals surface area contributed by atoms with Crippen molar-refractivity contribution in [3.8, 4) is 16.3 Å². The van der Waals surface area contributed by atoms with Crippen molar-refractivity contribution in [2.24, 2.45) is 0 Å². The van der Waals surface area contributed by atoms with E-state index in [2.05, 4.69) is 47.4 Å². The van der Waals surface area contributed by atoms with Gasteiger partial charge < -0.3 is 10.1 Å². The van der Waals surface area contributed by atoms with Crippen molar-refractivity contribution in [3.05, 3.63) is 70.2 Å². The Morgan fingerprint density at radius 1 is 1.13 bits per heavy atom. The average Bonchev–Trinajstić information content (AvgIpc) is 3.40. The zero-order valence-electron chi connectivity index (χ0n) is 17.4. The highest BCUT2D eigenvalue weighted by atomic mass is 32.1. The third kappa shape index (κ3) is 4.53. The molecule has 1 amide bonds. The largest absolute Gasteiger partial charge is 0.497 e. The minimum atomic E-state index is -0.280. The van der Waals surface area contributed by atoms with E-state index in [1.807, 2.05) is 31.2 Å². The lowest BCUT2D eigenvalue weighted by Gasteiger charge is -2.11. The van der Waals surface area contributed by atoms with Crippen LogP contribution in [0.4, 0.5) is 0 Å². The standard InChI is InChI=1S/C23H26N4O2S/c1-14-4-8-17(9-5-14)23-25-15(2)21(30-23)19-12-20(27-26-19)22(28)24-13-16-6-10-18(29-3)11-7-16/h4-11,19-20,26-27H,12-13H2,1-3H3,(H,24,28). The van der Waals surface area contributed by atoms with Crippen LogP contribution in [-0.2, 0) is 11.3 Å². The van der Waals surface area contributed by atoms with Crippen LogP contribution in [0, 0.1) is 13.8 Å². The smallest absolute Gasteiger partial charge is 0.238 e. The van der Waals surface area contributed by atoms with Gasteiger partial charge in [-0.3, -0.25) is 4.79 Å². The molecule has 1 saturated heterocycles. The number of nitrogens with one attached hydrogen (secondary N) is 3. The van der Waals surface area contributed by atoms with Crippen LogP contribution in [0.15, 0.2) is 48.5 Å². The van der Waals surface area contributed by atoms with Crippen molar-refractivity contribution < 1.29 is 9.53 Å². The van der Waals surface area contributed by atoms with E-state index in [4.69, 9.17) is 9.72 Å². The first-order valence-corrected chi connectivity index (χ1v) is 10.8. The third-order valence-corrected chi connectivity index (χ3v) is 6.61. The van der Waals surface area contributed by atoms with Gasteiger partial charge in [0.15, 0.2) is 0 Å². The number of hydrogen-bond donors (Lipinski definition) is 3. The number of amides is 1. The molecule has 0 saturated carbocycles. The number of aromatic nitrogens is 1. The summed E-state index contributed by atoms with van der Waals surface area (Å²) in [4.78, 5) is 18.5. The molecule has 2 atom stereocenters. The maximum absolute atomic E-state index is 12.6. The molecule has 7 heteroatoms. The van der Waals surface area contributed by atoms with E-state index in [-0.39, 0.29) is 18.0 Å². The first kappa shape index (κ1) is 20.5. The van der Waals surface area contributed by atoms with E-state index in [9.17, 15) is 4.79 Å². The molecule has 0 radical (unpaired) electrons. The minimum Gasteiger partial charge on any atom is -0.497 e. The van der Waals surface area contributed by atoms with Gasteiger partial charge in [-0.05, 0) is 38.0 Å². The summed E-state index contributed by atoms with van der Waals surface area (Å²) in [6.07, 6.45) is 0.685. The van der Waals surface area contributed by atoms with E-state index < -0.39 is 0 Å². The van der Waals surface area contributed by atoms with Gasteiger partial charge in [-0.2, -0.15) is 0 Å². The lowest BCUT2D eigenvalue weighted by molar-refractivity contribution is -0.123. The maximum Gasteiger partial charge on any atom is 0.238 e. The summed E-state index contributed by atoms with van der Waals surface area (Å²) < 4.78 is 5.16. The Balaban J connectivity index is 1.36. The summed E-state index contributed by atoms with van der Waals surface area (Å²) in [6.45, 7) is 4.60. The van der Waals surface area contributed by atoms with Crippen molar-refractivity contribution in [2.45, 2.75) is 38.9 Å². The zero-order chi connectivity index (χ0) is 21.1. The molecule has 1 aromatic heterocycles. The minimum absolute atomic E-state index is 0.0123. The lowest BCUT2D eigenvalue weighted by Crippen LogP contribution is -2.42. The van der Waals surface area contributed by atoms with Crippen molar-refractivity contribution in [1.82, 2.24) is 21.2 Å². The highest BCUT2D eigenvalue weighted by Gasteiger charge is 2.32. The van der Waals surface area contributed by atoms with Gasteiger partial charge in [0.1, 0.15) is 16.8 Å². The lowest BCUT2D eigenvalue weighted by atomic mass is 10.1. The van der Waals surface area contributed by atoms with Crippen molar-refractivity contribution in [1.29, 1.82) is 0 Å². The maximum atomic E-state index is 12.6. The quantitative estimate of drug-likeness (QED) is 0.565. The fraction of sp³-hybridized carbons (Fsp3) is 0.304. The van der Waals surface area contributed by atoms with Crippen LogP contribution in [0.5, 0.6) is 5.75 Å². The number of aryl methyl sites for hydroxylation is 2. The monoisotopic (exact) mass is 422 g/mol. The number of carbonyl (C=O) groups excluding carboxylic acids is 1. The predicted octanol–water partition coefficient (Wildman–Crippen LogP) is 3.66. The van der Waals surface area contributed by atoms with Gasteiger partial charge in [0.2, 0.25) is 5.91 Å². The molecular weight excluding hydrogens is 396 g/mol. The fourth-order valence-corrected chi connectivity index (χ4v) is 4.64. The number of thiazole rings is 1. The number of carbonyl (C=O) groups is 1. The summed E-state index contributed by atoms with van der Waals surface area (Å²) in [7, 11) is 1.64. The van der Waals surface area contributed by atoms with E-state index in [0.29, 0.717) is 13.0 Å². The normalized spacial score (nSPS) is 18.4. The summed E-state index contributed by atoms with van der Waals surface area (Å²) in [6, 6.07) is 15.9. The highest BCUT2D eigenvalue weighted by molar-refractivity contribution is 7.15. The molecule has 30 heavy (non-hydrogen) atoms. The Hall–Kier alpha value is -2.74. The first-order chi connectivity index (χ1) is 14.5. The number of hydrazine groups is 1. The molecule has 0 bridgehead atoms. The van der Waals surface area contributed by atoms with Gasteiger partial charge in [-0.25, -0.2) is 15.8 Å². The molecule has 3 N–H and O–H groups in total. The Morgan fingerprint density at radius 3 is 2.57 bits per heavy atom. The molecule has 0 spiro atoms. The van der Waals surface area contributed by atoms with E-state index in [1.165, 1.54) is 10.4 Å². The zero-order valence-corrected chi connectivity index (χ0v) is 18.2. The molecule has 1 aliphatic heterocycles. The molecule has 2 aromatic carbocycles. The van der Waals surface area contributed by atoms with Crippen LogP contribution < -0.4 is 20.9 Å². The molecule has 3 aromatic rings. The van der Waals surface area contributed by atoms with Crippen molar-refractivity contribution in [3.63, 3.8) is 0 Å². The number of hydrogen-bond acceptors (Lipinski definition) is 6. The third-order valence-electron chi connectivity index (χ3n) is 5.29. The summed E-state index contributed by atoms with van der Waals surface area (Å²) in [5, 5.41) is 4.02. The number of benzene rings is 2. The topological polar surface area (TPSA) is 75.3 Å². The number of methoxy groups -OCH3 is 1. The molecule has 4 rings (SSSR count). The molecule has 6 nitrogen and oxygen atoms in total. The number of nitrogens with zero attached hydrogens (tertiary/aromatic N) is 1. The van der Waals surface area contributed by atoms with Crippen LogP contribution in [-0.4, -0.2) is 24.0 Å². The van der Waals surface area contributed by atoms with Crippen molar-refractivity contribution >= 4 is 17.2 Å². The second kappa shape index (κ2) is 8.95. The Labute approximate surface area is 180 Å². The van der Waals surface area contributed by atoms with Crippen LogP contribution in [0.1, 0.15) is 34.2 Å². The predicted molar refractivity (Wildman–Crippen MR) is 119 cm³/mol. The molecule has 2 unspecified atom stereocenters.